The second-order valence-electron chi connectivity index (χ2n) is 8.43. The van der Waals surface area contributed by atoms with E-state index in [2.05, 4.69) is 106 Å². The van der Waals surface area contributed by atoms with Gasteiger partial charge in [-0.05, 0) is 43.5 Å². The average Bonchev–Trinajstić information content (AvgIpc) is 3.32. The van der Waals surface area contributed by atoms with Crippen molar-refractivity contribution in [3.63, 3.8) is 0 Å². The Morgan fingerprint density at radius 3 is 0.968 bits per heavy atom. The largest absolute Gasteiger partial charge is 0.340 e. The monoisotopic (exact) mass is 402 g/mol. The summed E-state index contributed by atoms with van der Waals surface area (Å²) in [5.74, 6) is 0. The summed E-state index contributed by atoms with van der Waals surface area (Å²) >= 11 is 0. The summed E-state index contributed by atoms with van der Waals surface area (Å²) in [6.45, 7) is 2.14. The molecule has 2 aromatic heterocycles. The van der Waals surface area contributed by atoms with E-state index in [4.69, 9.17) is 0 Å². The number of benzene rings is 4. The van der Waals surface area contributed by atoms with E-state index < -0.39 is 0 Å². The predicted molar refractivity (Wildman–Crippen MR) is 133 cm³/mol. The Kier molecular flexibility index (Phi) is 4.49. The highest BCUT2D eigenvalue weighted by molar-refractivity contribution is 6.08. The van der Waals surface area contributed by atoms with Gasteiger partial charge in [-0.25, -0.2) is 0 Å². The van der Waals surface area contributed by atoms with Gasteiger partial charge in [-0.15, -0.1) is 0 Å². The van der Waals surface area contributed by atoms with Crippen LogP contribution in [0, 0.1) is 0 Å². The second kappa shape index (κ2) is 7.63. The highest BCUT2D eigenvalue weighted by Crippen LogP contribution is 2.30. The van der Waals surface area contributed by atoms with Crippen LogP contribution in [0.5, 0.6) is 0 Å². The van der Waals surface area contributed by atoms with E-state index in [-0.39, 0.29) is 0 Å². The molecule has 0 atom stereocenters. The van der Waals surface area contributed by atoms with Gasteiger partial charge in [0.05, 0.1) is 0 Å². The summed E-state index contributed by atoms with van der Waals surface area (Å²) in [6.07, 6.45) is 3.61. The van der Waals surface area contributed by atoms with E-state index in [1.165, 1.54) is 62.9 Å². The van der Waals surface area contributed by atoms with Crippen LogP contribution in [0.25, 0.3) is 43.6 Å². The van der Waals surface area contributed by atoms with Gasteiger partial charge in [0.15, 0.2) is 0 Å². The van der Waals surface area contributed by atoms with E-state index in [9.17, 15) is 0 Å². The van der Waals surface area contributed by atoms with Gasteiger partial charge in [-0.3, -0.25) is 0 Å². The molecule has 0 fully saturated rings. The molecule has 152 valence electrons. The molecule has 0 unspecified atom stereocenters. The molecule has 6 aromatic rings. The smallest absolute Gasteiger partial charge is 0.0491 e. The van der Waals surface area contributed by atoms with Crippen molar-refractivity contribution in [2.45, 2.75) is 32.4 Å². The molecule has 0 aliphatic carbocycles. The van der Waals surface area contributed by atoms with Crippen molar-refractivity contribution in [1.82, 2.24) is 9.13 Å². The first kappa shape index (κ1) is 18.3. The van der Waals surface area contributed by atoms with Gasteiger partial charge in [-0.2, -0.15) is 0 Å². The van der Waals surface area contributed by atoms with Crippen molar-refractivity contribution in [3.05, 3.63) is 97.1 Å². The molecule has 0 amide bonds. The van der Waals surface area contributed by atoms with Crippen molar-refractivity contribution in [2.24, 2.45) is 0 Å². The quantitative estimate of drug-likeness (QED) is 0.252. The Labute approximate surface area is 182 Å². The molecule has 31 heavy (non-hydrogen) atoms. The zero-order valence-corrected chi connectivity index (χ0v) is 17.7. The van der Waals surface area contributed by atoms with Crippen LogP contribution < -0.4 is 0 Å². The highest BCUT2D eigenvalue weighted by Gasteiger charge is 2.10. The van der Waals surface area contributed by atoms with Crippen LogP contribution in [0.2, 0.25) is 0 Å². The lowest BCUT2D eigenvalue weighted by Crippen LogP contribution is -2.00. The maximum absolute atomic E-state index is 2.51. The molecule has 0 aliphatic heterocycles. The Balaban J connectivity index is 1.21. The van der Waals surface area contributed by atoms with Gasteiger partial charge in [-0.1, -0.05) is 72.8 Å². The fraction of sp³-hybridized carbons (Fsp3) is 0.172. The van der Waals surface area contributed by atoms with Gasteiger partial charge < -0.3 is 9.13 Å². The van der Waals surface area contributed by atoms with Crippen LogP contribution >= 0.6 is 0 Å². The molecule has 4 aromatic carbocycles. The third kappa shape index (κ3) is 3.02. The van der Waals surface area contributed by atoms with Crippen molar-refractivity contribution in [2.75, 3.05) is 0 Å². The second-order valence-corrected chi connectivity index (χ2v) is 8.43. The molecule has 0 radical (unpaired) electrons. The topological polar surface area (TPSA) is 9.86 Å². The molecule has 0 saturated carbocycles. The summed E-state index contributed by atoms with van der Waals surface area (Å²) in [6, 6.07) is 35.2. The van der Waals surface area contributed by atoms with Crippen molar-refractivity contribution in [3.8, 4) is 0 Å². The number of hydrogen-bond acceptors (Lipinski definition) is 0. The minimum absolute atomic E-state index is 1.07. The van der Waals surface area contributed by atoms with E-state index in [0.29, 0.717) is 0 Å². The number of para-hydroxylation sites is 4. The fourth-order valence-corrected chi connectivity index (χ4v) is 5.21. The SMILES string of the molecule is c1ccc2c(c1)c1ccccc1n2CCCCCn1c2ccccc2c2ccccc21. The normalized spacial score (nSPS) is 11.9. The predicted octanol–water partition coefficient (Wildman–Crippen LogP) is 7.77. The lowest BCUT2D eigenvalue weighted by Gasteiger charge is -2.09. The summed E-state index contributed by atoms with van der Waals surface area (Å²) in [5.41, 5.74) is 5.41. The number of rotatable bonds is 6. The van der Waals surface area contributed by atoms with Crippen molar-refractivity contribution < 1.29 is 0 Å². The van der Waals surface area contributed by atoms with Gasteiger partial charge in [0.1, 0.15) is 0 Å². The molecule has 0 N–H and O–H groups in total. The summed E-state index contributed by atoms with van der Waals surface area (Å²) in [5, 5.41) is 5.46. The lowest BCUT2D eigenvalue weighted by atomic mass is 10.2. The molecule has 6 rings (SSSR count). The maximum atomic E-state index is 2.51. The van der Waals surface area contributed by atoms with E-state index in [1.807, 2.05) is 0 Å². The Morgan fingerprint density at radius 1 is 0.355 bits per heavy atom. The molecule has 2 heteroatoms. The number of aromatic nitrogens is 2. The molecular formula is C29H26N2. The first-order valence-corrected chi connectivity index (χ1v) is 11.3. The lowest BCUT2D eigenvalue weighted by molar-refractivity contribution is 0.570. The summed E-state index contributed by atoms with van der Waals surface area (Å²) in [7, 11) is 0. The average molecular weight is 403 g/mol. The Morgan fingerprint density at radius 2 is 0.645 bits per heavy atom. The van der Waals surface area contributed by atoms with E-state index >= 15 is 0 Å². The van der Waals surface area contributed by atoms with Crippen molar-refractivity contribution in [1.29, 1.82) is 0 Å². The van der Waals surface area contributed by atoms with E-state index in [0.717, 1.165) is 13.1 Å². The van der Waals surface area contributed by atoms with Crippen LogP contribution in [0.4, 0.5) is 0 Å². The molecule has 2 heterocycles. The van der Waals surface area contributed by atoms with Crippen LogP contribution in [0.3, 0.4) is 0 Å². The Hall–Kier alpha value is -3.52. The molecule has 0 spiro atoms. The minimum atomic E-state index is 1.07. The standard InChI is InChI=1S/C29H26N2/c1(10-20-30-26-16-6-2-12-22(26)23-13-3-7-17-27(23)30)11-21-31-28-18-8-4-14-24(28)25-15-5-9-19-29(25)31/h2-9,12-19H,1,10-11,20-21H2. The zero-order chi connectivity index (χ0) is 20.6. The minimum Gasteiger partial charge on any atom is -0.340 e. The molecule has 0 bridgehead atoms. The van der Waals surface area contributed by atoms with Crippen LogP contribution in [0.1, 0.15) is 19.3 Å². The van der Waals surface area contributed by atoms with Crippen molar-refractivity contribution >= 4 is 43.6 Å². The number of unbranched alkanes of at least 4 members (excludes halogenated alkanes) is 2. The third-order valence-electron chi connectivity index (χ3n) is 6.62. The van der Waals surface area contributed by atoms with Crippen LogP contribution in [-0.2, 0) is 13.1 Å². The van der Waals surface area contributed by atoms with Crippen LogP contribution in [-0.4, -0.2) is 9.13 Å². The van der Waals surface area contributed by atoms with Crippen LogP contribution in [0.15, 0.2) is 97.1 Å². The summed E-state index contributed by atoms with van der Waals surface area (Å²) < 4.78 is 5.01. The molecule has 0 saturated heterocycles. The van der Waals surface area contributed by atoms with E-state index in [1.54, 1.807) is 0 Å². The number of aryl methyl sites for hydroxylation is 2. The third-order valence-corrected chi connectivity index (χ3v) is 6.62. The number of hydrogen-bond donors (Lipinski definition) is 0. The molecule has 0 aliphatic rings. The highest BCUT2D eigenvalue weighted by atomic mass is 15.0. The van der Waals surface area contributed by atoms with Gasteiger partial charge in [0.25, 0.3) is 0 Å². The molecule has 2 nitrogen and oxygen atoms in total. The first-order chi connectivity index (χ1) is 15.4. The Bertz CT molecular complexity index is 1290. The number of fused-ring (bicyclic) bond motifs is 6. The van der Waals surface area contributed by atoms with Gasteiger partial charge in [0.2, 0.25) is 0 Å². The summed E-state index contributed by atoms with van der Waals surface area (Å²) in [4.78, 5) is 0. The first-order valence-electron chi connectivity index (χ1n) is 11.3. The maximum Gasteiger partial charge on any atom is 0.0491 e. The number of nitrogens with zero attached hydrogens (tertiary/aromatic N) is 2. The molecular weight excluding hydrogens is 376 g/mol. The van der Waals surface area contributed by atoms with Gasteiger partial charge >= 0.3 is 0 Å². The fourth-order valence-electron chi connectivity index (χ4n) is 5.21. The van der Waals surface area contributed by atoms with Gasteiger partial charge in [0, 0.05) is 56.7 Å². The zero-order valence-electron chi connectivity index (χ0n) is 17.7.